The Balaban J connectivity index is 2.11. The van der Waals surface area contributed by atoms with Crippen molar-refractivity contribution in [2.24, 2.45) is 0 Å². The highest BCUT2D eigenvalue weighted by Crippen LogP contribution is 2.19. The zero-order valence-corrected chi connectivity index (χ0v) is 13.3. The Kier molecular flexibility index (Phi) is 5.37. The molecule has 7 heteroatoms. The smallest absolute Gasteiger partial charge is 0.245 e. The molecule has 2 rings (SSSR count). The Hall–Kier alpha value is -1.66. The number of carbonyl (C=O) groups excluding carboxylic acids is 2. The third kappa shape index (κ3) is 3.75. The highest BCUT2D eigenvalue weighted by atomic mass is 35.5. The molecule has 22 heavy (non-hydrogen) atoms. The van der Waals surface area contributed by atoms with E-state index in [0.29, 0.717) is 18.7 Å². The zero-order valence-electron chi connectivity index (χ0n) is 12.5. The summed E-state index contributed by atoms with van der Waals surface area (Å²) in [5.41, 5.74) is 0.559. The molecule has 1 aliphatic heterocycles. The number of halogens is 2. The number of amides is 2. The van der Waals surface area contributed by atoms with E-state index >= 15 is 0 Å². The molecule has 0 spiro atoms. The van der Waals surface area contributed by atoms with Crippen LogP contribution in [0.4, 0.5) is 4.39 Å². The largest absolute Gasteiger partial charge is 0.383 e. The molecule has 1 aliphatic rings. The van der Waals surface area contributed by atoms with Crippen molar-refractivity contribution in [2.45, 2.75) is 19.5 Å². The van der Waals surface area contributed by atoms with Gasteiger partial charge in [-0.05, 0) is 30.7 Å². The van der Waals surface area contributed by atoms with Crippen LogP contribution in [0.1, 0.15) is 12.5 Å². The van der Waals surface area contributed by atoms with E-state index in [9.17, 15) is 14.0 Å². The van der Waals surface area contributed by atoms with Crippen LogP contribution in [0.25, 0.3) is 0 Å². The Morgan fingerprint density at radius 1 is 1.36 bits per heavy atom. The number of benzene rings is 1. The Morgan fingerprint density at radius 2 is 2.09 bits per heavy atom. The number of piperazine rings is 1. The molecule has 1 aromatic rings. The molecular formula is C15H18ClFN2O3. The average molecular weight is 329 g/mol. The van der Waals surface area contributed by atoms with Crippen LogP contribution in [0.5, 0.6) is 0 Å². The maximum absolute atomic E-state index is 13.4. The van der Waals surface area contributed by atoms with Crippen LogP contribution < -0.4 is 0 Å². The number of hydrogen-bond acceptors (Lipinski definition) is 3. The predicted octanol–water partition coefficient (Wildman–Crippen LogP) is 1.68. The van der Waals surface area contributed by atoms with Crippen LogP contribution in [0, 0.1) is 5.82 Å². The van der Waals surface area contributed by atoms with Crippen molar-refractivity contribution in [3.8, 4) is 0 Å². The summed E-state index contributed by atoms with van der Waals surface area (Å²) in [5.74, 6) is -0.782. The summed E-state index contributed by atoms with van der Waals surface area (Å²) in [6.07, 6.45) is 0. The fourth-order valence-corrected chi connectivity index (χ4v) is 2.70. The summed E-state index contributed by atoms with van der Waals surface area (Å²) in [6, 6.07) is 3.50. The van der Waals surface area contributed by atoms with Gasteiger partial charge in [-0.25, -0.2) is 4.39 Å². The third-order valence-corrected chi connectivity index (χ3v) is 3.84. The molecule has 0 N–H and O–H groups in total. The summed E-state index contributed by atoms with van der Waals surface area (Å²) in [5, 5.41) is 0.264. The Bertz CT molecular complexity index is 562. The molecule has 0 unspecified atom stereocenters. The topological polar surface area (TPSA) is 49.9 Å². The van der Waals surface area contributed by atoms with E-state index < -0.39 is 11.9 Å². The van der Waals surface area contributed by atoms with Gasteiger partial charge in [0.25, 0.3) is 0 Å². The van der Waals surface area contributed by atoms with Gasteiger partial charge in [-0.1, -0.05) is 11.6 Å². The summed E-state index contributed by atoms with van der Waals surface area (Å²) in [4.78, 5) is 27.5. The molecule has 0 bridgehead atoms. The van der Waals surface area contributed by atoms with Gasteiger partial charge < -0.3 is 14.5 Å². The molecule has 1 heterocycles. The molecule has 5 nitrogen and oxygen atoms in total. The van der Waals surface area contributed by atoms with Crippen LogP contribution in [0.2, 0.25) is 5.02 Å². The SMILES string of the molecule is COCCN1CC(=O)N(Cc2cc(F)cc(Cl)c2)[C@@H](C)C1=O. The lowest BCUT2D eigenvalue weighted by Crippen LogP contribution is -2.58. The maximum Gasteiger partial charge on any atom is 0.245 e. The standard InChI is InChI=1S/C15H18ClFN2O3/c1-10-15(21)18(3-4-22-2)9-14(20)19(10)8-11-5-12(16)7-13(17)6-11/h5-7,10H,3-4,8-9H2,1-2H3/t10-/m0/s1. The van der Waals surface area contributed by atoms with E-state index in [2.05, 4.69) is 0 Å². The number of rotatable bonds is 5. The first-order valence-electron chi connectivity index (χ1n) is 6.94. The normalized spacial score (nSPS) is 19.0. The summed E-state index contributed by atoms with van der Waals surface area (Å²) >= 11 is 5.82. The molecule has 0 aromatic heterocycles. The fourth-order valence-electron chi connectivity index (χ4n) is 2.46. The van der Waals surface area contributed by atoms with Crippen LogP contribution in [-0.2, 0) is 20.9 Å². The second-order valence-corrected chi connectivity index (χ2v) is 5.66. The lowest BCUT2D eigenvalue weighted by atomic mass is 10.1. The highest BCUT2D eigenvalue weighted by Gasteiger charge is 2.36. The number of ether oxygens (including phenoxy) is 1. The quantitative estimate of drug-likeness (QED) is 0.826. The molecule has 0 saturated carbocycles. The fraction of sp³-hybridized carbons (Fsp3) is 0.467. The number of methoxy groups -OCH3 is 1. The van der Waals surface area contributed by atoms with Gasteiger partial charge in [0.15, 0.2) is 0 Å². The minimum absolute atomic E-state index is 0.00951. The first kappa shape index (κ1) is 16.7. The zero-order chi connectivity index (χ0) is 16.3. The van der Waals surface area contributed by atoms with Crippen LogP contribution in [-0.4, -0.2) is 54.5 Å². The second-order valence-electron chi connectivity index (χ2n) is 5.23. The molecule has 1 fully saturated rings. The third-order valence-electron chi connectivity index (χ3n) is 3.62. The average Bonchev–Trinajstić information content (AvgIpc) is 2.45. The summed E-state index contributed by atoms with van der Waals surface area (Å²) in [6.45, 7) is 2.59. The molecule has 2 amide bonds. The molecular weight excluding hydrogens is 311 g/mol. The van der Waals surface area contributed by atoms with Crippen molar-refractivity contribution in [3.05, 3.63) is 34.6 Å². The summed E-state index contributed by atoms with van der Waals surface area (Å²) in [7, 11) is 1.54. The van der Waals surface area contributed by atoms with E-state index in [1.807, 2.05) is 0 Å². The lowest BCUT2D eigenvalue weighted by Gasteiger charge is -2.38. The van der Waals surface area contributed by atoms with Gasteiger partial charge in [0.2, 0.25) is 11.8 Å². The number of nitrogens with zero attached hydrogens (tertiary/aromatic N) is 2. The van der Waals surface area contributed by atoms with Crippen molar-refractivity contribution in [1.82, 2.24) is 9.80 Å². The van der Waals surface area contributed by atoms with Gasteiger partial charge in [0.1, 0.15) is 11.9 Å². The lowest BCUT2D eigenvalue weighted by molar-refractivity contribution is -0.156. The minimum atomic E-state index is -0.597. The minimum Gasteiger partial charge on any atom is -0.383 e. The molecule has 1 atom stereocenters. The van der Waals surface area contributed by atoms with Crippen molar-refractivity contribution >= 4 is 23.4 Å². The molecule has 1 saturated heterocycles. The first-order valence-corrected chi connectivity index (χ1v) is 7.32. The van der Waals surface area contributed by atoms with E-state index in [4.69, 9.17) is 16.3 Å². The van der Waals surface area contributed by atoms with Crippen molar-refractivity contribution < 1.29 is 18.7 Å². The first-order chi connectivity index (χ1) is 10.4. The molecule has 1 aromatic carbocycles. The van der Waals surface area contributed by atoms with E-state index in [-0.39, 0.29) is 29.9 Å². The van der Waals surface area contributed by atoms with E-state index in [1.165, 1.54) is 21.9 Å². The Morgan fingerprint density at radius 3 is 2.73 bits per heavy atom. The predicted molar refractivity (Wildman–Crippen MR) is 79.9 cm³/mol. The van der Waals surface area contributed by atoms with Gasteiger partial charge in [-0.3, -0.25) is 9.59 Å². The Labute approximate surface area is 133 Å². The van der Waals surface area contributed by atoms with Gasteiger partial charge in [0, 0.05) is 25.2 Å². The van der Waals surface area contributed by atoms with Crippen molar-refractivity contribution in [1.29, 1.82) is 0 Å². The van der Waals surface area contributed by atoms with Crippen LogP contribution in [0.15, 0.2) is 18.2 Å². The molecule has 0 aliphatic carbocycles. The molecule has 120 valence electrons. The van der Waals surface area contributed by atoms with Crippen molar-refractivity contribution in [2.75, 3.05) is 26.8 Å². The second kappa shape index (κ2) is 7.07. The van der Waals surface area contributed by atoms with Gasteiger partial charge >= 0.3 is 0 Å². The van der Waals surface area contributed by atoms with Gasteiger partial charge in [-0.15, -0.1) is 0 Å². The van der Waals surface area contributed by atoms with Gasteiger partial charge in [-0.2, -0.15) is 0 Å². The van der Waals surface area contributed by atoms with Crippen molar-refractivity contribution in [3.63, 3.8) is 0 Å². The maximum atomic E-state index is 13.4. The molecule has 0 radical (unpaired) electrons. The van der Waals surface area contributed by atoms with Gasteiger partial charge in [0.05, 0.1) is 13.2 Å². The van der Waals surface area contributed by atoms with Crippen LogP contribution in [0.3, 0.4) is 0 Å². The number of carbonyl (C=O) groups is 2. The summed E-state index contributed by atoms with van der Waals surface area (Å²) < 4.78 is 18.3. The van der Waals surface area contributed by atoms with E-state index in [0.717, 1.165) is 0 Å². The van der Waals surface area contributed by atoms with Crippen LogP contribution >= 0.6 is 11.6 Å². The number of hydrogen-bond donors (Lipinski definition) is 0. The highest BCUT2D eigenvalue weighted by molar-refractivity contribution is 6.30. The van der Waals surface area contributed by atoms with E-state index in [1.54, 1.807) is 20.1 Å². The monoisotopic (exact) mass is 328 g/mol.